The molecule has 0 aliphatic heterocycles. The molecule has 0 bridgehead atoms. The van der Waals surface area contributed by atoms with Crippen molar-refractivity contribution in [2.24, 2.45) is 0 Å². The quantitative estimate of drug-likeness (QED) is 0.362. The minimum Gasteiger partial charge on any atom is -0.350 e. The average molecular weight is 476 g/mol. The van der Waals surface area contributed by atoms with Crippen LogP contribution in [0.25, 0.3) is 16.7 Å². The van der Waals surface area contributed by atoms with E-state index in [-0.39, 0.29) is 17.2 Å². The molecule has 3 heterocycles. The van der Waals surface area contributed by atoms with Crippen molar-refractivity contribution in [3.8, 4) is 0 Å². The molecule has 5 aromatic rings. The largest absolute Gasteiger partial charge is 0.350 e. The first-order valence-electron chi connectivity index (χ1n) is 10.4. The second kappa shape index (κ2) is 9.21. The second-order valence-electron chi connectivity index (χ2n) is 7.66. The van der Waals surface area contributed by atoms with Crippen molar-refractivity contribution in [2.45, 2.75) is 25.2 Å². The summed E-state index contributed by atoms with van der Waals surface area (Å²) in [7, 11) is 0. The molecule has 0 saturated carbocycles. The Hall–Kier alpha value is -3.43. The minimum absolute atomic E-state index is 0.0811. The van der Waals surface area contributed by atoms with E-state index >= 15 is 0 Å². The topological polar surface area (TPSA) is 81.3 Å². The second-order valence-corrected chi connectivity index (χ2v) is 9.63. The van der Waals surface area contributed by atoms with Crippen LogP contribution in [-0.2, 0) is 17.9 Å². The van der Waals surface area contributed by atoms with Gasteiger partial charge in [0.25, 0.3) is 5.56 Å². The van der Waals surface area contributed by atoms with Gasteiger partial charge in [0.05, 0.1) is 29.7 Å². The Balaban J connectivity index is 1.47. The van der Waals surface area contributed by atoms with Crippen LogP contribution in [0.15, 0.2) is 76.0 Å². The van der Waals surface area contributed by atoms with Gasteiger partial charge in [-0.15, -0.1) is 21.5 Å². The van der Waals surface area contributed by atoms with Gasteiger partial charge in [-0.3, -0.25) is 18.6 Å². The van der Waals surface area contributed by atoms with Crippen molar-refractivity contribution in [1.29, 1.82) is 0 Å². The number of carbonyl (C=O) groups is 1. The Morgan fingerprint density at radius 3 is 2.67 bits per heavy atom. The van der Waals surface area contributed by atoms with Crippen molar-refractivity contribution in [2.75, 3.05) is 5.75 Å². The number of thioether (sulfide) groups is 1. The van der Waals surface area contributed by atoms with Gasteiger partial charge in [0, 0.05) is 4.88 Å². The lowest BCUT2D eigenvalue weighted by Crippen LogP contribution is -2.25. The zero-order valence-electron chi connectivity index (χ0n) is 17.9. The summed E-state index contributed by atoms with van der Waals surface area (Å²) in [5, 5.41) is 14.7. The van der Waals surface area contributed by atoms with Crippen molar-refractivity contribution in [3.05, 3.63) is 92.4 Å². The number of rotatable bonds is 7. The lowest BCUT2D eigenvalue weighted by molar-refractivity contribution is -0.118. The molecule has 1 amide bonds. The number of nitrogens with one attached hydrogen (secondary N) is 1. The molecule has 0 atom stereocenters. The molecule has 5 rings (SSSR count). The lowest BCUT2D eigenvalue weighted by Gasteiger charge is -2.11. The van der Waals surface area contributed by atoms with Crippen LogP contribution in [0.3, 0.4) is 0 Å². The Labute approximate surface area is 198 Å². The van der Waals surface area contributed by atoms with Gasteiger partial charge in [-0.25, -0.2) is 0 Å². The molecule has 0 aliphatic carbocycles. The van der Waals surface area contributed by atoms with Gasteiger partial charge in [0.1, 0.15) is 0 Å². The minimum atomic E-state index is -0.115. The Bertz CT molecular complexity index is 1490. The lowest BCUT2D eigenvalue weighted by atomic mass is 10.1. The molecule has 9 heteroatoms. The molecular weight excluding hydrogens is 454 g/mol. The number of thiophene rings is 1. The summed E-state index contributed by atoms with van der Waals surface area (Å²) in [5.74, 6) is 0.584. The first-order valence-corrected chi connectivity index (χ1v) is 12.3. The summed E-state index contributed by atoms with van der Waals surface area (Å²) >= 11 is 2.91. The number of hydrogen-bond donors (Lipinski definition) is 1. The Morgan fingerprint density at radius 1 is 1.06 bits per heavy atom. The first kappa shape index (κ1) is 21.4. The Morgan fingerprint density at radius 2 is 1.88 bits per heavy atom. The molecule has 0 aliphatic rings. The molecule has 2 aromatic carbocycles. The molecule has 0 radical (unpaired) electrons. The van der Waals surface area contributed by atoms with Gasteiger partial charge < -0.3 is 5.32 Å². The summed E-state index contributed by atoms with van der Waals surface area (Å²) in [6.45, 7) is 2.93. The zero-order chi connectivity index (χ0) is 22.8. The standard InChI is InChI=1S/C24H21N5O2S2/c1-16-8-10-17(11-9-16)14-28-22(31)19-6-2-3-7-20(19)29-23(28)26-27-24(29)33-15-21(30)25-13-18-5-4-12-32-18/h2-12H,13-15H2,1H3,(H,25,30). The van der Waals surface area contributed by atoms with Crippen molar-refractivity contribution >= 4 is 45.7 Å². The molecule has 0 saturated heterocycles. The number of para-hydroxylation sites is 1. The normalized spacial score (nSPS) is 11.3. The number of benzene rings is 2. The summed E-state index contributed by atoms with van der Waals surface area (Å²) in [6.07, 6.45) is 0. The van der Waals surface area contributed by atoms with Crippen LogP contribution < -0.4 is 10.9 Å². The molecule has 0 fully saturated rings. The summed E-state index contributed by atoms with van der Waals surface area (Å²) in [6, 6.07) is 19.4. The summed E-state index contributed by atoms with van der Waals surface area (Å²) in [4.78, 5) is 26.8. The molecule has 1 N–H and O–H groups in total. The molecule has 3 aromatic heterocycles. The summed E-state index contributed by atoms with van der Waals surface area (Å²) in [5.41, 5.74) is 2.78. The number of carbonyl (C=O) groups excluding carboxylic acids is 1. The SMILES string of the molecule is Cc1ccc(Cn2c(=O)c3ccccc3n3c(SCC(=O)NCc4cccs4)nnc23)cc1. The van der Waals surface area contributed by atoms with Gasteiger partial charge >= 0.3 is 0 Å². The van der Waals surface area contributed by atoms with E-state index in [0.29, 0.717) is 29.4 Å². The predicted molar refractivity (Wildman–Crippen MR) is 132 cm³/mol. The van der Waals surface area contributed by atoms with Gasteiger partial charge in [0.2, 0.25) is 11.7 Å². The van der Waals surface area contributed by atoms with Crippen LogP contribution in [0.5, 0.6) is 0 Å². The average Bonchev–Trinajstić information content (AvgIpc) is 3.50. The maximum Gasteiger partial charge on any atom is 0.263 e. The van der Waals surface area contributed by atoms with Crippen molar-refractivity contribution in [3.63, 3.8) is 0 Å². The highest BCUT2D eigenvalue weighted by Crippen LogP contribution is 2.22. The molecule has 0 spiro atoms. The smallest absolute Gasteiger partial charge is 0.263 e. The monoisotopic (exact) mass is 475 g/mol. The van der Waals surface area contributed by atoms with Gasteiger partial charge in [-0.2, -0.15) is 0 Å². The first-order chi connectivity index (χ1) is 16.1. The van der Waals surface area contributed by atoms with E-state index in [4.69, 9.17) is 0 Å². The number of hydrogen-bond acceptors (Lipinski definition) is 6. The van der Waals surface area contributed by atoms with Crippen LogP contribution in [0.4, 0.5) is 0 Å². The third kappa shape index (κ3) is 4.42. The molecule has 7 nitrogen and oxygen atoms in total. The third-order valence-electron chi connectivity index (χ3n) is 5.31. The highest BCUT2D eigenvalue weighted by molar-refractivity contribution is 7.99. The van der Waals surface area contributed by atoms with Crippen LogP contribution in [-0.4, -0.2) is 30.8 Å². The van der Waals surface area contributed by atoms with Gasteiger partial charge in [0.15, 0.2) is 5.16 Å². The van der Waals surface area contributed by atoms with E-state index in [9.17, 15) is 9.59 Å². The molecule has 166 valence electrons. The van der Waals surface area contributed by atoms with Crippen LogP contribution in [0.1, 0.15) is 16.0 Å². The van der Waals surface area contributed by atoms with E-state index in [1.54, 1.807) is 15.9 Å². The number of fused-ring (bicyclic) bond motifs is 3. The van der Waals surface area contributed by atoms with Crippen LogP contribution >= 0.6 is 23.1 Å². The zero-order valence-corrected chi connectivity index (χ0v) is 19.5. The van der Waals surface area contributed by atoms with Crippen LogP contribution in [0, 0.1) is 6.92 Å². The van der Waals surface area contributed by atoms with Gasteiger partial charge in [-0.05, 0) is 36.1 Å². The van der Waals surface area contributed by atoms with Crippen LogP contribution in [0.2, 0.25) is 0 Å². The maximum absolute atomic E-state index is 13.3. The fourth-order valence-corrected chi connectivity index (χ4v) is 5.04. The van der Waals surface area contributed by atoms with Crippen molar-refractivity contribution in [1.82, 2.24) is 24.5 Å². The fraction of sp³-hybridized carbons (Fsp3) is 0.167. The predicted octanol–water partition coefficient (Wildman–Crippen LogP) is 3.87. The van der Waals surface area contributed by atoms with Gasteiger partial charge in [-0.1, -0.05) is 59.8 Å². The molecular formula is C24H21N5O2S2. The number of amides is 1. The molecule has 33 heavy (non-hydrogen) atoms. The van der Waals surface area contributed by atoms with E-state index in [0.717, 1.165) is 21.5 Å². The number of aromatic nitrogens is 4. The maximum atomic E-state index is 13.3. The van der Waals surface area contributed by atoms with E-state index in [1.165, 1.54) is 11.8 Å². The van der Waals surface area contributed by atoms with E-state index in [2.05, 4.69) is 15.5 Å². The summed E-state index contributed by atoms with van der Waals surface area (Å²) < 4.78 is 3.50. The number of aryl methyl sites for hydroxylation is 1. The highest BCUT2D eigenvalue weighted by Gasteiger charge is 2.18. The van der Waals surface area contributed by atoms with Crippen molar-refractivity contribution < 1.29 is 4.79 Å². The van der Waals surface area contributed by atoms with E-state index in [1.807, 2.05) is 77.4 Å². The number of nitrogens with zero attached hydrogens (tertiary/aromatic N) is 4. The third-order valence-corrected chi connectivity index (χ3v) is 7.12. The fourth-order valence-electron chi connectivity index (χ4n) is 3.63. The van der Waals surface area contributed by atoms with E-state index < -0.39 is 0 Å². The highest BCUT2D eigenvalue weighted by atomic mass is 32.2. The Kier molecular flexibility index (Phi) is 5.97. The molecule has 0 unspecified atom stereocenters.